The van der Waals surface area contributed by atoms with E-state index in [1.54, 1.807) is 25.3 Å². The normalized spacial score (nSPS) is 28.7. The number of benzene rings is 1. The van der Waals surface area contributed by atoms with Gasteiger partial charge in [-0.15, -0.1) is 11.8 Å². The highest BCUT2D eigenvalue weighted by Crippen LogP contribution is 2.59. The SMILES string of the molecule is CO[C@@H]1[C@H](OC(=O)CC(=O)CSc2cccc(NC(=O)CCCC(=O)C(C)(C)C)c2)CC[C@]2(CO2)[C@H]1[C@]1(C)O[C@@H]1CC=C(C)C. The number of allylic oxidation sites excluding steroid dienone is 1. The Morgan fingerprint density at radius 2 is 1.89 bits per heavy atom. The first kappa shape index (κ1) is 35.3. The molecule has 2 aliphatic heterocycles. The molecule has 1 N–H and O–H groups in total. The number of rotatable bonds is 15. The fourth-order valence-corrected chi connectivity index (χ4v) is 7.14. The number of carbonyl (C=O) groups is 4. The number of esters is 1. The minimum absolute atomic E-state index is 0.0557. The number of anilines is 1. The number of ketones is 2. The summed E-state index contributed by atoms with van der Waals surface area (Å²) in [5.74, 6) is -0.824. The van der Waals surface area contributed by atoms with Gasteiger partial charge in [0.2, 0.25) is 5.91 Å². The first-order valence-corrected chi connectivity index (χ1v) is 16.9. The molecule has 10 heteroatoms. The second kappa shape index (κ2) is 14.5. The molecule has 1 amide bonds. The lowest BCUT2D eigenvalue weighted by molar-refractivity contribution is -0.172. The molecule has 1 aromatic rings. The quantitative estimate of drug-likeness (QED) is 0.0796. The van der Waals surface area contributed by atoms with Gasteiger partial charge >= 0.3 is 5.97 Å². The van der Waals surface area contributed by atoms with Crippen molar-refractivity contribution in [1.29, 1.82) is 0 Å². The van der Waals surface area contributed by atoms with Gasteiger partial charge in [0.15, 0.2) is 5.78 Å². The van der Waals surface area contributed by atoms with Gasteiger partial charge in [0, 0.05) is 35.9 Å². The monoisotopic (exact) mass is 643 g/mol. The van der Waals surface area contributed by atoms with Crippen molar-refractivity contribution in [3.8, 4) is 0 Å². The fourth-order valence-electron chi connectivity index (χ4n) is 6.33. The topological polar surface area (TPSA) is 124 Å². The van der Waals surface area contributed by atoms with Crippen molar-refractivity contribution < 1.29 is 38.1 Å². The zero-order chi connectivity index (χ0) is 33.0. The van der Waals surface area contributed by atoms with Gasteiger partial charge in [-0.3, -0.25) is 19.2 Å². The highest BCUT2D eigenvalue weighted by molar-refractivity contribution is 8.00. The van der Waals surface area contributed by atoms with Crippen molar-refractivity contribution >= 4 is 40.9 Å². The summed E-state index contributed by atoms with van der Waals surface area (Å²) in [5, 5.41) is 2.86. The molecule has 2 saturated heterocycles. The summed E-state index contributed by atoms with van der Waals surface area (Å²) < 4.78 is 24.0. The molecule has 45 heavy (non-hydrogen) atoms. The van der Waals surface area contributed by atoms with Crippen LogP contribution in [0, 0.1) is 11.3 Å². The lowest BCUT2D eigenvalue weighted by Crippen LogP contribution is -2.55. The third kappa shape index (κ3) is 9.27. The molecule has 1 saturated carbocycles. The number of epoxide rings is 2. The molecule has 9 nitrogen and oxygen atoms in total. The van der Waals surface area contributed by atoms with Crippen LogP contribution < -0.4 is 5.32 Å². The molecular weight excluding hydrogens is 594 g/mol. The smallest absolute Gasteiger partial charge is 0.313 e. The number of nitrogens with one attached hydrogen (secondary N) is 1. The molecule has 4 rings (SSSR count). The van der Waals surface area contributed by atoms with Crippen LogP contribution in [-0.4, -0.2) is 72.4 Å². The highest BCUT2D eigenvalue weighted by atomic mass is 32.2. The Hall–Kier alpha value is -2.53. The second-order valence-corrected chi connectivity index (χ2v) is 15.1. The Kier molecular flexibility index (Phi) is 11.4. The standard InChI is InChI=1S/C35H49NO8S/c1-22(2)14-15-28-34(6,44-28)32-31(41-7)26(16-17-35(32)21-42-35)43-30(40)19-24(37)20-45-25-11-8-10-23(18-25)36-29(39)13-9-12-27(38)33(3,4)5/h8,10-11,14,18,26,28,31-32H,9,12-13,15-17,19-21H2,1-7H3,(H,36,39)/t26-,28-,31-,32-,34-,35+/m1/s1. The first-order valence-electron chi connectivity index (χ1n) is 15.9. The van der Waals surface area contributed by atoms with Crippen LogP contribution in [-0.2, 0) is 38.1 Å². The van der Waals surface area contributed by atoms with Gasteiger partial charge in [-0.05, 0) is 64.7 Å². The van der Waals surface area contributed by atoms with E-state index in [-0.39, 0.29) is 53.7 Å². The highest BCUT2D eigenvalue weighted by Gasteiger charge is 2.72. The maximum absolute atomic E-state index is 12.9. The maximum Gasteiger partial charge on any atom is 0.313 e. The Balaban J connectivity index is 1.24. The zero-order valence-electron chi connectivity index (χ0n) is 27.7. The number of thioether (sulfide) groups is 1. The van der Waals surface area contributed by atoms with Gasteiger partial charge in [0.1, 0.15) is 35.6 Å². The Bertz CT molecular complexity index is 1290. The molecule has 0 radical (unpaired) electrons. The summed E-state index contributed by atoms with van der Waals surface area (Å²) in [4.78, 5) is 50.9. The van der Waals surface area contributed by atoms with E-state index in [4.69, 9.17) is 18.9 Å². The van der Waals surface area contributed by atoms with Crippen molar-refractivity contribution in [2.75, 3.05) is 24.8 Å². The summed E-state index contributed by atoms with van der Waals surface area (Å²) in [5.41, 5.74) is 0.702. The van der Waals surface area contributed by atoms with Gasteiger partial charge in [-0.25, -0.2) is 0 Å². The number of Topliss-reactive ketones (excluding diaryl/α,β-unsaturated/α-hetero) is 2. The summed E-state index contributed by atoms with van der Waals surface area (Å²) >= 11 is 1.30. The molecule has 3 aliphatic rings. The average Bonchev–Trinajstić information content (AvgIpc) is 3.88. The fraction of sp³-hybridized carbons (Fsp3) is 0.657. The van der Waals surface area contributed by atoms with E-state index in [1.807, 2.05) is 26.8 Å². The molecule has 3 fully saturated rings. The minimum atomic E-state index is -0.562. The number of ether oxygens (including phenoxy) is 4. The van der Waals surface area contributed by atoms with Crippen LogP contribution in [0.2, 0.25) is 0 Å². The molecule has 0 bridgehead atoms. The average molecular weight is 644 g/mol. The van der Waals surface area contributed by atoms with E-state index in [9.17, 15) is 19.2 Å². The molecular formula is C35H49NO8S. The Labute approximate surface area is 271 Å². The van der Waals surface area contributed by atoms with E-state index < -0.39 is 29.2 Å². The van der Waals surface area contributed by atoms with Crippen molar-refractivity contribution in [2.45, 2.75) is 121 Å². The van der Waals surface area contributed by atoms with Crippen molar-refractivity contribution in [3.05, 3.63) is 35.9 Å². The van der Waals surface area contributed by atoms with E-state index >= 15 is 0 Å². The summed E-state index contributed by atoms with van der Waals surface area (Å²) in [6.07, 6.45) is 4.29. The second-order valence-electron chi connectivity index (χ2n) is 14.0. The first-order chi connectivity index (χ1) is 21.2. The van der Waals surface area contributed by atoms with Crippen LogP contribution in [0.4, 0.5) is 5.69 Å². The third-order valence-corrected chi connectivity index (χ3v) is 10.1. The number of hydrogen-bond acceptors (Lipinski definition) is 9. The van der Waals surface area contributed by atoms with Crippen LogP contribution in [0.15, 0.2) is 40.8 Å². The summed E-state index contributed by atoms with van der Waals surface area (Å²) in [6.45, 7) is 12.5. The molecule has 6 atom stereocenters. The van der Waals surface area contributed by atoms with Crippen LogP contribution in [0.25, 0.3) is 0 Å². The molecule has 0 unspecified atom stereocenters. The summed E-state index contributed by atoms with van der Waals surface area (Å²) in [6, 6.07) is 7.22. The van der Waals surface area contributed by atoms with Crippen LogP contribution >= 0.6 is 11.8 Å². The minimum Gasteiger partial charge on any atom is -0.459 e. The van der Waals surface area contributed by atoms with E-state index in [0.717, 1.165) is 17.7 Å². The third-order valence-electron chi connectivity index (χ3n) is 9.02. The number of amides is 1. The Morgan fingerprint density at radius 3 is 2.53 bits per heavy atom. The van der Waals surface area contributed by atoms with Gasteiger partial charge in [-0.2, -0.15) is 0 Å². The van der Waals surface area contributed by atoms with Crippen LogP contribution in [0.3, 0.4) is 0 Å². The lowest BCUT2D eigenvalue weighted by Gasteiger charge is -2.42. The molecule has 1 spiro atoms. The molecule has 2 heterocycles. The van der Waals surface area contributed by atoms with Gasteiger partial charge < -0.3 is 24.3 Å². The molecule has 248 valence electrons. The van der Waals surface area contributed by atoms with Gasteiger partial charge in [-0.1, -0.05) is 38.5 Å². The van der Waals surface area contributed by atoms with Crippen molar-refractivity contribution in [2.24, 2.45) is 11.3 Å². The van der Waals surface area contributed by atoms with Crippen LogP contribution in [0.5, 0.6) is 0 Å². The Morgan fingerprint density at radius 1 is 1.16 bits per heavy atom. The predicted octanol–water partition coefficient (Wildman–Crippen LogP) is 6.08. The maximum atomic E-state index is 12.9. The van der Waals surface area contributed by atoms with Gasteiger partial charge in [0.05, 0.1) is 24.4 Å². The van der Waals surface area contributed by atoms with Gasteiger partial charge in [0.25, 0.3) is 0 Å². The number of carbonyl (C=O) groups excluding carboxylic acids is 4. The number of methoxy groups -OCH3 is 1. The predicted molar refractivity (Wildman–Crippen MR) is 173 cm³/mol. The molecule has 1 aromatic carbocycles. The largest absolute Gasteiger partial charge is 0.459 e. The van der Waals surface area contributed by atoms with E-state index in [0.29, 0.717) is 31.6 Å². The zero-order valence-corrected chi connectivity index (χ0v) is 28.6. The van der Waals surface area contributed by atoms with E-state index in [2.05, 4.69) is 32.2 Å². The molecule has 0 aromatic heterocycles. The van der Waals surface area contributed by atoms with Crippen molar-refractivity contribution in [1.82, 2.24) is 0 Å². The summed E-state index contributed by atoms with van der Waals surface area (Å²) in [7, 11) is 1.63. The lowest BCUT2D eigenvalue weighted by atomic mass is 9.68. The number of hydrogen-bond donors (Lipinski definition) is 1. The van der Waals surface area contributed by atoms with Crippen LogP contribution in [0.1, 0.15) is 86.5 Å². The van der Waals surface area contributed by atoms with E-state index in [1.165, 1.54) is 17.3 Å². The molecule has 1 aliphatic carbocycles. The van der Waals surface area contributed by atoms with Crippen molar-refractivity contribution in [3.63, 3.8) is 0 Å².